The van der Waals surface area contributed by atoms with Crippen molar-refractivity contribution < 1.29 is 0 Å². The first-order valence-corrected chi connectivity index (χ1v) is 8.70. The van der Waals surface area contributed by atoms with E-state index in [0.717, 1.165) is 27.5 Å². The van der Waals surface area contributed by atoms with Crippen LogP contribution in [0, 0.1) is 0 Å². The maximum atomic E-state index is 12.6. The third-order valence-corrected chi connectivity index (χ3v) is 5.24. The van der Waals surface area contributed by atoms with Gasteiger partial charge >= 0.3 is 0 Å². The molecule has 3 heterocycles. The molecule has 1 aromatic carbocycles. The normalized spacial score (nSPS) is 17.2. The van der Waals surface area contributed by atoms with Gasteiger partial charge in [-0.1, -0.05) is 23.9 Å². The van der Waals surface area contributed by atoms with E-state index in [0.29, 0.717) is 5.56 Å². The Morgan fingerprint density at radius 1 is 1.25 bits per heavy atom. The molecule has 2 aromatic heterocycles. The standard InChI is InChI=1S/C17H17N5OS/c1-9(2)22-16-13(17(23)21-22)15(24-10(3)20-16)11-5-4-6-12-14(11)19-8-7-18-12/h4-9,15H,1-3H3,(H,21,23)/t15-/m1/s1. The fraction of sp³-hybridized carbons (Fsp3) is 0.294. The van der Waals surface area contributed by atoms with Gasteiger partial charge in [0.05, 0.1) is 26.9 Å². The summed E-state index contributed by atoms with van der Waals surface area (Å²) in [5.41, 5.74) is 3.26. The van der Waals surface area contributed by atoms with Crippen molar-refractivity contribution in [2.45, 2.75) is 32.1 Å². The first kappa shape index (κ1) is 15.1. The topological polar surface area (TPSA) is 75.9 Å². The number of benzene rings is 1. The van der Waals surface area contributed by atoms with E-state index >= 15 is 0 Å². The number of aliphatic imine (C=N–C) groups is 1. The molecule has 1 atom stereocenters. The van der Waals surface area contributed by atoms with E-state index in [9.17, 15) is 4.79 Å². The van der Waals surface area contributed by atoms with Crippen molar-refractivity contribution in [1.82, 2.24) is 19.7 Å². The van der Waals surface area contributed by atoms with Gasteiger partial charge in [0.15, 0.2) is 5.82 Å². The van der Waals surface area contributed by atoms with Crippen LogP contribution in [0.4, 0.5) is 5.82 Å². The van der Waals surface area contributed by atoms with Crippen LogP contribution in [0.2, 0.25) is 0 Å². The zero-order valence-corrected chi connectivity index (χ0v) is 14.5. The van der Waals surface area contributed by atoms with E-state index in [-0.39, 0.29) is 16.9 Å². The van der Waals surface area contributed by atoms with Crippen LogP contribution in [0.5, 0.6) is 0 Å². The molecule has 3 aromatic rings. The highest BCUT2D eigenvalue weighted by Crippen LogP contribution is 2.45. The quantitative estimate of drug-likeness (QED) is 0.774. The zero-order valence-electron chi connectivity index (χ0n) is 13.6. The summed E-state index contributed by atoms with van der Waals surface area (Å²) in [4.78, 5) is 26.1. The Kier molecular flexibility index (Phi) is 3.53. The predicted molar refractivity (Wildman–Crippen MR) is 97.2 cm³/mol. The van der Waals surface area contributed by atoms with Gasteiger partial charge in [0.1, 0.15) is 0 Å². The van der Waals surface area contributed by atoms with E-state index in [1.165, 1.54) is 0 Å². The molecular weight excluding hydrogens is 322 g/mol. The molecule has 6 nitrogen and oxygen atoms in total. The lowest BCUT2D eigenvalue weighted by molar-refractivity contribution is 0.533. The molecule has 4 rings (SSSR count). The molecular formula is C17H17N5OS. The van der Waals surface area contributed by atoms with Crippen molar-refractivity contribution >= 4 is 33.7 Å². The van der Waals surface area contributed by atoms with Crippen LogP contribution in [-0.4, -0.2) is 24.8 Å². The monoisotopic (exact) mass is 339 g/mol. The second-order valence-corrected chi connectivity index (χ2v) is 7.34. The molecule has 1 aliphatic heterocycles. The Balaban J connectivity index is 1.99. The van der Waals surface area contributed by atoms with Crippen molar-refractivity contribution in [3.8, 4) is 0 Å². The van der Waals surface area contributed by atoms with E-state index in [2.05, 4.69) is 20.1 Å². The van der Waals surface area contributed by atoms with Gasteiger partial charge in [-0.05, 0) is 32.4 Å². The summed E-state index contributed by atoms with van der Waals surface area (Å²) in [6.07, 6.45) is 3.37. The second-order valence-electron chi connectivity index (χ2n) is 6.04. The van der Waals surface area contributed by atoms with Gasteiger partial charge in [0.25, 0.3) is 5.56 Å². The average Bonchev–Trinajstić information content (AvgIpc) is 2.90. The largest absolute Gasteiger partial charge is 0.271 e. The number of rotatable bonds is 2. The van der Waals surface area contributed by atoms with Crippen molar-refractivity contribution in [3.63, 3.8) is 0 Å². The SMILES string of the molecule is CC1=Nc2c(c(=O)[nH]n2C(C)C)[C@@H](c2cccc3nccnc23)S1. The summed E-state index contributed by atoms with van der Waals surface area (Å²) in [5, 5.41) is 3.72. The third-order valence-electron chi connectivity index (χ3n) is 4.08. The average molecular weight is 339 g/mol. The van der Waals surface area contributed by atoms with Gasteiger partial charge in [-0.15, -0.1) is 0 Å². The second kappa shape index (κ2) is 5.59. The Bertz CT molecular complexity index is 1010. The minimum absolute atomic E-state index is 0.0895. The number of aromatic nitrogens is 4. The fourth-order valence-electron chi connectivity index (χ4n) is 3.03. The van der Waals surface area contributed by atoms with Crippen LogP contribution >= 0.6 is 11.8 Å². The minimum atomic E-state index is -0.137. The molecule has 24 heavy (non-hydrogen) atoms. The van der Waals surface area contributed by atoms with Crippen molar-refractivity contribution in [2.75, 3.05) is 0 Å². The number of fused-ring (bicyclic) bond motifs is 2. The summed E-state index contributed by atoms with van der Waals surface area (Å²) in [7, 11) is 0. The zero-order chi connectivity index (χ0) is 16.8. The Hall–Kier alpha value is -2.41. The molecule has 0 amide bonds. The van der Waals surface area contributed by atoms with Gasteiger partial charge in [0, 0.05) is 18.4 Å². The van der Waals surface area contributed by atoms with E-state index in [4.69, 9.17) is 0 Å². The van der Waals surface area contributed by atoms with Crippen LogP contribution in [0.15, 0.2) is 40.4 Å². The first-order valence-electron chi connectivity index (χ1n) is 7.82. The Labute approximate surface area is 143 Å². The minimum Gasteiger partial charge on any atom is -0.268 e. The van der Waals surface area contributed by atoms with Crippen LogP contribution in [0.3, 0.4) is 0 Å². The van der Waals surface area contributed by atoms with Crippen LogP contribution in [0.1, 0.15) is 43.2 Å². The number of hydrogen-bond acceptors (Lipinski definition) is 5. The maximum Gasteiger partial charge on any atom is 0.271 e. The van der Waals surface area contributed by atoms with Gasteiger partial charge in [-0.3, -0.25) is 24.5 Å². The number of aromatic amines is 1. The number of thioether (sulfide) groups is 1. The van der Waals surface area contributed by atoms with Gasteiger partial charge in [-0.2, -0.15) is 0 Å². The molecule has 0 bridgehead atoms. The highest BCUT2D eigenvalue weighted by atomic mass is 32.2. The highest BCUT2D eigenvalue weighted by Gasteiger charge is 2.31. The number of para-hydroxylation sites is 1. The number of nitrogens with zero attached hydrogens (tertiary/aromatic N) is 4. The van der Waals surface area contributed by atoms with E-state index < -0.39 is 0 Å². The molecule has 1 aliphatic rings. The fourth-order valence-corrected chi connectivity index (χ4v) is 4.16. The van der Waals surface area contributed by atoms with E-state index in [1.54, 1.807) is 24.2 Å². The lowest BCUT2D eigenvalue weighted by atomic mass is 10.0. The summed E-state index contributed by atoms with van der Waals surface area (Å²) in [6.45, 7) is 6.03. The Morgan fingerprint density at radius 2 is 2.04 bits per heavy atom. The van der Waals surface area contributed by atoms with Crippen molar-refractivity contribution in [1.29, 1.82) is 0 Å². The van der Waals surface area contributed by atoms with Crippen molar-refractivity contribution in [2.24, 2.45) is 4.99 Å². The number of nitrogens with one attached hydrogen (secondary N) is 1. The first-order chi connectivity index (χ1) is 11.6. The summed E-state index contributed by atoms with van der Waals surface area (Å²) in [6, 6.07) is 6.05. The molecule has 0 unspecified atom stereocenters. The number of hydrogen-bond donors (Lipinski definition) is 1. The maximum absolute atomic E-state index is 12.6. The molecule has 0 aliphatic carbocycles. The summed E-state index contributed by atoms with van der Waals surface area (Å²) in [5.74, 6) is 0.720. The predicted octanol–water partition coefficient (Wildman–Crippen LogP) is 3.59. The number of H-pyrrole nitrogens is 1. The Morgan fingerprint density at radius 3 is 2.83 bits per heavy atom. The molecule has 122 valence electrons. The molecule has 1 N–H and O–H groups in total. The molecule has 0 saturated heterocycles. The van der Waals surface area contributed by atoms with Crippen LogP contribution in [-0.2, 0) is 0 Å². The molecule has 0 spiro atoms. The van der Waals surface area contributed by atoms with Gasteiger partial charge in [-0.25, -0.2) is 4.99 Å². The van der Waals surface area contributed by atoms with Gasteiger partial charge < -0.3 is 0 Å². The highest BCUT2D eigenvalue weighted by molar-refractivity contribution is 8.14. The smallest absolute Gasteiger partial charge is 0.268 e. The molecule has 0 radical (unpaired) electrons. The van der Waals surface area contributed by atoms with Crippen LogP contribution < -0.4 is 5.56 Å². The van der Waals surface area contributed by atoms with Crippen molar-refractivity contribution in [3.05, 3.63) is 52.1 Å². The third kappa shape index (κ3) is 2.27. The molecule has 7 heteroatoms. The van der Waals surface area contributed by atoms with Gasteiger partial charge in [0.2, 0.25) is 0 Å². The van der Waals surface area contributed by atoms with E-state index in [1.807, 2.05) is 43.7 Å². The van der Waals surface area contributed by atoms with Crippen LogP contribution in [0.25, 0.3) is 11.0 Å². The lowest BCUT2D eigenvalue weighted by Gasteiger charge is -2.22. The molecule has 0 saturated carbocycles. The summed E-state index contributed by atoms with van der Waals surface area (Å²) >= 11 is 1.59. The lowest BCUT2D eigenvalue weighted by Crippen LogP contribution is -2.14. The summed E-state index contributed by atoms with van der Waals surface area (Å²) < 4.78 is 1.84. The molecule has 0 fully saturated rings.